The normalized spacial score (nSPS) is 14.4. The number of nitrogens with zero attached hydrogens (tertiary/aromatic N) is 1. The second-order valence-electron chi connectivity index (χ2n) is 3.95. The molecule has 1 aromatic carbocycles. The van der Waals surface area contributed by atoms with Crippen LogP contribution in [0.4, 0.5) is 5.69 Å². The standard InChI is InChI=1S/C12H13NO5S/c1-2-8-19(16,17)13-6-7-18-11-9(12(14)15)4-3-5-10(11)13/h2-5H,1,6-8H2,(H,14,15). The quantitative estimate of drug-likeness (QED) is 0.836. The lowest BCUT2D eigenvalue weighted by Gasteiger charge is -2.30. The predicted octanol–water partition coefficient (Wildman–Crippen LogP) is 1.10. The zero-order chi connectivity index (χ0) is 14.0. The summed E-state index contributed by atoms with van der Waals surface area (Å²) in [6.45, 7) is 3.69. The Morgan fingerprint density at radius 3 is 2.89 bits per heavy atom. The van der Waals surface area contributed by atoms with Crippen LogP contribution in [0.5, 0.6) is 5.75 Å². The molecule has 0 unspecified atom stereocenters. The molecule has 19 heavy (non-hydrogen) atoms. The van der Waals surface area contributed by atoms with Gasteiger partial charge in [-0.15, -0.1) is 6.58 Å². The van der Waals surface area contributed by atoms with E-state index in [-0.39, 0.29) is 35.9 Å². The fourth-order valence-corrected chi connectivity index (χ4v) is 3.19. The number of benzene rings is 1. The Labute approximate surface area is 111 Å². The predicted molar refractivity (Wildman–Crippen MR) is 70.2 cm³/mol. The minimum atomic E-state index is -3.55. The van der Waals surface area contributed by atoms with Crippen LogP contribution in [-0.2, 0) is 10.0 Å². The van der Waals surface area contributed by atoms with E-state index in [1.54, 1.807) is 0 Å². The highest BCUT2D eigenvalue weighted by atomic mass is 32.2. The first-order valence-corrected chi connectivity index (χ1v) is 7.18. The molecule has 102 valence electrons. The van der Waals surface area contributed by atoms with Crippen LogP contribution in [0, 0.1) is 0 Å². The molecule has 1 aliphatic rings. The van der Waals surface area contributed by atoms with Gasteiger partial charge in [0.25, 0.3) is 0 Å². The van der Waals surface area contributed by atoms with Gasteiger partial charge >= 0.3 is 5.97 Å². The first kappa shape index (κ1) is 13.4. The third-order valence-corrected chi connectivity index (χ3v) is 4.41. The molecule has 0 saturated carbocycles. The average Bonchev–Trinajstić information content (AvgIpc) is 2.37. The largest absolute Gasteiger partial charge is 0.489 e. The minimum Gasteiger partial charge on any atom is -0.489 e. The van der Waals surface area contributed by atoms with Crippen molar-refractivity contribution in [3.05, 3.63) is 36.4 Å². The maximum atomic E-state index is 12.1. The number of carbonyl (C=O) groups is 1. The van der Waals surface area contributed by atoms with Crippen molar-refractivity contribution in [1.82, 2.24) is 0 Å². The van der Waals surface area contributed by atoms with Gasteiger partial charge in [0.05, 0.1) is 18.0 Å². The van der Waals surface area contributed by atoms with Crippen molar-refractivity contribution in [3.8, 4) is 5.75 Å². The van der Waals surface area contributed by atoms with Gasteiger partial charge in [-0.25, -0.2) is 13.2 Å². The van der Waals surface area contributed by atoms with Gasteiger partial charge in [-0.3, -0.25) is 4.31 Å². The Hall–Kier alpha value is -2.02. The lowest BCUT2D eigenvalue weighted by atomic mass is 10.1. The molecule has 0 amide bonds. The molecule has 1 heterocycles. The molecular weight excluding hydrogens is 270 g/mol. The highest BCUT2D eigenvalue weighted by molar-refractivity contribution is 7.92. The number of rotatable bonds is 4. The number of sulfonamides is 1. The Kier molecular flexibility index (Phi) is 3.48. The van der Waals surface area contributed by atoms with E-state index in [2.05, 4.69) is 6.58 Å². The van der Waals surface area contributed by atoms with Crippen molar-refractivity contribution in [2.45, 2.75) is 0 Å². The van der Waals surface area contributed by atoms with Gasteiger partial charge in [0.1, 0.15) is 12.2 Å². The SMILES string of the molecule is C=CCS(=O)(=O)N1CCOc2c(C(=O)O)cccc21. The van der Waals surface area contributed by atoms with Crippen LogP contribution in [0.3, 0.4) is 0 Å². The van der Waals surface area contributed by atoms with Crippen LogP contribution in [-0.4, -0.2) is 38.4 Å². The molecule has 1 aliphatic heterocycles. The van der Waals surface area contributed by atoms with Crippen LogP contribution in [0.1, 0.15) is 10.4 Å². The lowest BCUT2D eigenvalue weighted by molar-refractivity contribution is 0.0692. The fraction of sp³-hybridized carbons (Fsp3) is 0.250. The van der Waals surface area contributed by atoms with Crippen molar-refractivity contribution in [1.29, 1.82) is 0 Å². The number of hydrogen-bond acceptors (Lipinski definition) is 4. The van der Waals surface area contributed by atoms with Gasteiger partial charge in [-0.2, -0.15) is 0 Å². The molecule has 0 bridgehead atoms. The lowest BCUT2D eigenvalue weighted by Crippen LogP contribution is -2.39. The third kappa shape index (κ3) is 2.41. The Bertz CT molecular complexity index is 623. The zero-order valence-electron chi connectivity index (χ0n) is 10.1. The summed E-state index contributed by atoms with van der Waals surface area (Å²) in [5.74, 6) is -1.27. The molecular formula is C12H13NO5S. The molecule has 0 spiro atoms. The van der Waals surface area contributed by atoms with Gasteiger partial charge in [0.15, 0.2) is 5.75 Å². The number of anilines is 1. The van der Waals surface area contributed by atoms with E-state index in [9.17, 15) is 13.2 Å². The molecule has 0 radical (unpaired) electrons. The Morgan fingerprint density at radius 2 is 2.26 bits per heavy atom. The molecule has 6 nitrogen and oxygen atoms in total. The van der Waals surface area contributed by atoms with Crippen molar-refractivity contribution in [2.24, 2.45) is 0 Å². The van der Waals surface area contributed by atoms with Crippen LogP contribution in [0.15, 0.2) is 30.9 Å². The van der Waals surface area contributed by atoms with Gasteiger partial charge in [0.2, 0.25) is 10.0 Å². The number of ether oxygens (including phenoxy) is 1. The van der Waals surface area contributed by atoms with E-state index < -0.39 is 16.0 Å². The van der Waals surface area contributed by atoms with Crippen molar-refractivity contribution < 1.29 is 23.1 Å². The third-order valence-electron chi connectivity index (χ3n) is 2.70. The molecule has 1 N–H and O–H groups in total. The van der Waals surface area contributed by atoms with Crippen molar-refractivity contribution in [3.63, 3.8) is 0 Å². The highest BCUT2D eigenvalue weighted by Gasteiger charge is 2.30. The second-order valence-corrected chi connectivity index (χ2v) is 5.88. The zero-order valence-corrected chi connectivity index (χ0v) is 10.9. The summed E-state index contributed by atoms with van der Waals surface area (Å²) in [4.78, 5) is 11.1. The van der Waals surface area contributed by atoms with Crippen LogP contribution in [0.2, 0.25) is 0 Å². The topological polar surface area (TPSA) is 83.9 Å². The number of carboxylic acid groups (broad SMARTS) is 1. The number of hydrogen-bond donors (Lipinski definition) is 1. The monoisotopic (exact) mass is 283 g/mol. The maximum Gasteiger partial charge on any atom is 0.339 e. The summed E-state index contributed by atoms with van der Waals surface area (Å²) in [5, 5.41) is 9.07. The number of fused-ring (bicyclic) bond motifs is 1. The molecule has 0 fully saturated rings. The van der Waals surface area contributed by atoms with Gasteiger partial charge in [-0.05, 0) is 12.1 Å². The molecule has 1 aromatic rings. The summed E-state index contributed by atoms with van der Waals surface area (Å²) < 4.78 is 30.6. The molecule has 0 atom stereocenters. The first-order valence-electron chi connectivity index (χ1n) is 5.58. The summed E-state index contributed by atoms with van der Waals surface area (Å²) in [7, 11) is -3.55. The molecule has 0 aromatic heterocycles. The fourth-order valence-electron chi connectivity index (χ4n) is 1.92. The smallest absolute Gasteiger partial charge is 0.339 e. The van der Waals surface area contributed by atoms with Crippen LogP contribution >= 0.6 is 0 Å². The molecule has 2 rings (SSSR count). The number of para-hydroxylation sites is 1. The van der Waals surface area contributed by atoms with Gasteiger partial charge in [0, 0.05) is 0 Å². The van der Waals surface area contributed by atoms with Gasteiger partial charge < -0.3 is 9.84 Å². The maximum absolute atomic E-state index is 12.1. The molecule has 0 saturated heterocycles. The van der Waals surface area contributed by atoms with Crippen molar-refractivity contribution >= 4 is 21.7 Å². The summed E-state index contributed by atoms with van der Waals surface area (Å²) in [6.07, 6.45) is 1.30. The number of aromatic carboxylic acids is 1. The number of carboxylic acids is 1. The van der Waals surface area contributed by atoms with E-state index in [0.29, 0.717) is 0 Å². The minimum absolute atomic E-state index is 0.0454. The summed E-state index contributed by atoms with van der Waals surface area (Å²) in [5.41, 5.74) is 0.212. The molecule has 7 heteroatoms. The second kappa shape index (κ2) is 4.93. The highest BCUT2D eigenvalue weighted by Crippen LogP contribution is 2.36. The van der Waals surface area contributed by atoms with Gasteiger partial charge in [-0.1, -0.05) is 12.1 Å². The molecule has 0 aliphatic carbocycles. The average molecular weight is 283 g/mol. The van der Waals surface area contributed by atoms with E-state index in [4.69, 9.17) is 9.84 Å². The Morgan fingerprint density at radius 1 is 1.53 bits per heavy atom. The Balaban J connectivity index is 2.55. The summed E-state index contributed by atoms with van der Waals surface area (Å²) >= 11 is 0. The van der Waals surface area contributed by atoms with E-state index in [1.807, 2.05) is 0 Å². The van der Waals surface area contributed by atoms with Crippen molar-refractivity contribution in [2.75, 3.05) is 23.2 Å². The summed E-state index contributed by atoms with van der Waals surface area (Å²) in [6, 6.07) is 4.40. The van der Waals surface area contributed by atoms with Crippen LogP contribution in [0.25, 0.3) is 0 Å². The van der Waals surface area contributed by atoms with E-state index in [0.717, 1.165) is 0 Å². The first-order chi connectivity index (χ1) is 8.97. The van der Waals surface area contributed by atoms with E-state index >= 15 is 0 Å². The van der Waals surface area contributed by atoms with E-state index in [1.165, 1.54) is 28.6 Å². The van der Waals surface area contributed by atoms with Crippen LogP contribution < -0.4 is 9.04 Å².